The van der Waals surface area contributed by atoms with Crippen LogP contribution in [0.5, 0.6) is 0 Å². The molecule has 1 nitrogen and oxygen atoms in total. The van der Waals surface area contributed by atoms with Crippen LogP contribution in [0.15, 0.2) is 18.2 Å². The van der Waals surface area contributed by atoms with E-state index in [0.29, 0.717) is 12.3 Å². The van der Waals surface area contributed by atoms with Crippen molar-refractivity contribution in [2.75, 3.05) is 0 Å². The third kappa shape index (κ3) is 2.61. The van der Waals surface area contributed by atoms with Crippen molar-refractivity contribution < 1.29 is 13.6 Å². The molecule has 1 saturated carbocycles. The van der Waals surface area contributed by atoms with Crippen molar-refractivity contribution in [3.8, 4) is 0 Å². The fourth-order valence-electron chi connectivity index (χ4n) is 1.61. The van der Waals surface area contributed by atoms with E-state index in [0.717, 1.165) is 12.8 Å². The van der Waals surface area contributed by atoms with Gasteiger partial charge in [0.05, 0.1) is 0 Å². The van der Waals surface area contributed by atoms with Crippen LogP contribution in [-0.2, 0) is 11.2 Å². The summed E-state index contributed by atoms with van der Waals surface area (Å²) >= 11 is 0. The second-order valence-corrected chi connectivity index (χ2v) is 4.06. The topological polar surface area (TPSA) is 17.1 Å². The van der Waals surface area contributed by atoms with E-state index >= 15 is 0 Å². The van der Waals surface area contributed by atoms with Crippen molar-refractivity contribution in [3.63, 3.8) is 0 Å². The summed E-state index contributed by atoms with van der Waals surface area (Å²) in [5.74, 6) is -0.855. The number of carbonyl (C=O) groups is 1. The molecule has 0 atom stereocenters. The Bertz CT molecular complexity index is 363. The minimum Gasteiger partial charge on any atom is -0.299 e. The van der Waals surface area contributed by atoms with Gasteiger partial charge in [0.25, 0.3) is 0 Å². The minimum absolute atomic E-state index is 0.0681. The summed E-state index contributed by atoms with van der Waals surface area (Å²) in [6, 6.07) is 3.67. The predicted molar refractivity (Wildman–Crippen MR) is 52.4 cm³/mol. The van der Waals surface area contributed by atoms with E-state index in [1.54, 1.807) is 0 Å². The van der Waals surface area contributed by atoms with Gasteiger partial charge in [-0.15, -0.1) is 0 Å². The molecule has 1 aliphatic rings. The van der Waals surface area contributed by atoms with E-state index in [1.807, 2.05) is 0 Å². The molecule has 15 heavy (non-hydrogen) atoms. The molecule has 0 saturated heterocycles. The highest BCUT2D eigenvalue weighted by Crippen LogP contribution is 2.33. The minimum atomic E-state index is -0.626. The largest absolute Gasteiger partial charge is 0.299 e. The average molecular weight is 210 g/mol. The van der Waals surface area contributed by atoms with Crippen LogP contribution in [0.4, 0.5) is 8.78 Å². The molecule has 0 heterocycles. The molecule has 3 heteroatoms. The Morgan fingerprint density at radius 1 is 1.27 bits per heavy atom. The van der Waals surface area contributed by atoms with E-state index < -0.39 is 11.6 Å². The molecule has 0 aromatic heterocycles. The molecule has 80 valence electrons. The van der Waals surface area contributed by atoms with Crippen molar-refractivity contribution in [3.05, 3.63) is 35.4 Å². The second kappa shape index (κ2) is 4.09. The molecular weight excluding hydrogens is 198 g/mol. The third-order valence-electron chi connectivity index (χ3n) is 2.65. The Labute approximate surface area is 87.1 Å². The van der Waals surface area contributed by atoms with Crippen LogP contribution in [0.25, 0.3) is 0 Å². The van der Waals surface area contributed by atoms with Gasteiger partial charge in [-0.3, -0.25) is 4.79 Å². The van der Waals surface area contributed by atoms with Crippen LogP contribution in [0.3, 0.4) is 0 Å². The number of hydrogen-bond donors (Lipinski definition) is 0. The highest BCUT2D eigenvalue weighted by Gasteiger charge is 2.25. The normalized spacial score (nSPS) is 15.3. The molecule has 2 rings (SSSR count). The lowest BCUT2D eigenvalue weighted by molar-refractivity contribution is -0.118. The molecule has 0 N–H and O–H groups in total. The molecule has 0 bridgehead atoms. The fourth-order valence-corrected chi connectivity index (χ4v) is 1.61. The van der Waals surface area contributed by atoms with Crippen LogP contribution in [-0.4, -0.2) is 5.78 Å². The summed E-state index contributed by atoms with van der Waals surface area (Å²) in [5, 5.41) is 0. The first-order valence-corrected chi connectivity index (χ1v) is 5.11. The number of ketones is 1. The maximum atomic E-state index is 13.2. The van der Waals surface area contributed by atoms with Crippen molar-refractivity contribution in [1.29, 1.82) is 0 Å². The number of hydrogen-bond acceptors (Lipinski definition) is 1. The van der Waals surface area contributed by atoms with Gasteiger partial charge >= 0.3 is 0 Å². The third-order valence-corrected chi connectivity index (χ3v) is 2.65. The number of rotatable bonds is 4. The van der Waals surface area contributed by atoms with Crippen molar-refractivity contribution in [2.45, 2.75) is 25.7 Å². The first kappa shape index (κ1) is 10.3. The standard InChI is InChI=1S/C12H12F2O/c13-11-2-1-3-12(14)10(11)7-9(15)6-8-4-5-8/h1-3,8H,4-7H2. The second-order valence-electron chi connectivity index (χ2n) is 4.06. The lowest BCUT2D eigenvalue weighted by atomic mass is 10.0. The molecule has 1 aromatic carbocycles. The van der Waals surface area contributed by atoms with Crippen LogP contribution in [0.1, 0.15) is 24.8 Å². The monoisotopic (exact) mass is 210 g/mol. The lowest BCUT2D eigenvalue weighted by Gasteiger charge is -2.03. The summed E-state index contributed by atoms with van der Waals surface area (Å²) < 4.78 is 26.3. The molecule has 0 amide bonds. The first-order chi connectivity index (χ1) is 7.16. The van der Waals surface area contributed by atoms with Gasteiger partial charge in [-0.1, -0.05) is 6.07 Å². The number of halogens is 2. The van der Waals surface area contributed by atoms with Crippen LogP contribution in [0, 0.1) is 17.6 Å². The van der Waals surface area contributed by atoms with Crippen molar-refractivity contribution >= 4 is 5.78 Å². The average Bonchev–Trinajstić information content (AvgIpc) is 2.95. The first-order valence-electron chi connectivity index (χ1n) is 5.11. The van der Waals surface area contributed by atoms with Crippen LogP contribution >= 0.6 is 0 Å². The number of carbonyl (C=O) groups excluding carboxylic acids is 1. The van der Waals surface area contributed by atoms with Gasteiger partial charge in [0.15, 0.2) is 0 Å². The summed E-state index contributed by atoms with van der Waals surface area (Å²) in [6.07, 6.45) is 2.50. The Hall–Kier alpha value is -1.25. The molecule has 0 radical (unpaired) electrons. The smallest absolute Gasteiger partial charge is 0.137 e. The summed E-state index contributed by atoms with van der Waals surface area (Å²) in [4.78, 5) is 11.4. The summed E-state index contributed by atoms with van der Waals surface area (Å²) in [5.41, 5.74) is -0.0943. The zero-order chi connectivity index (χ0) is 10.8. The van der Waals surface area contributed by atoms with Gasteiger partial charge in [-0.25, -0.2) is 8.78 Å². The van der Waals surface area contributed by atoms with E-state index in [4.69, 9.17) is 0 Å². The van der Waals surface area contributed by atoms with Gasteiger partial charge in [0.1, 0.15) is 17.4 Å². The van der Waals surface area contributed by atoms with Crippen LogP contribution in [0.2, 0.25) is 0 Å². The highest BCUT2D eigenvalue weighted by molar-refractivity contribution is 5.81. The Morgan fingerprint density at radius 3 is 2.40 bits per heavy atom. The molecule has 1 aromatic rings. The molecule has 1 aliphatic carbocycles. The van der Waals surface area contributed by atoms with Gasteiger partial charge in [-0.2, -0.15) is 0 Å². The maximum absolute atomic E-state index is 13.2. The predicted octanol–water partition coefficient (Wildman–Crippen LogP) is 2.88. The summed E-state index contributed by atoms with van der Waals surface area (Å²) in [7, 11) is 0. The Kier molecular flexibility index (Phi) is 2.80. The molecule has 0 unspecified atom stereocenters. The molecule has 0 aliphatic heterocycles. The van der Waals surface area contributed by atoms with Gasteiger partial charge < -0.3 is 0 Å². The SMILES string of the molecule is O=C(Cc1c(F)cccc1F)CC1CC1. The van der Waals surface area contributed by atoms with E-state index in [-0.39, 0.29) is 17.8 Å². The Balaban J connectivity index is 2.05. The van der Waals surface area contributed by atoms with Gasteiger partial charge in [0.2, 0.25) is 0 Å². The van der Waals surface area contributed by atoms with Gasteiger partial charge in [0, 0.05) is 18.4 Å². The lowest BCUT2D eigenvalue weighted by Crippen LogP contribution is -2.07. The van der Waals surface area contributed by atoms with Crippen molar-refractivity contribution in [2.24, 2.45) is 5.92 Å². The number of benzene rings is 1. The summed E-state index contributed by atoms with van der Waals surface area (Å²) in [6.45, 7) is 0. The molecule has 1 fully saturated rings. The molecular formula is C12H12F2O. The Morgan fingerprint density at radius 2 is 1.87 bits per heavy atom. The zero-order valence-electron chi connectivity index (χ0n) is 8.30. The maximum Gasteiger partial charge on any atom is 0.137 e. The highest BCUT2D eigenvalue weighted by atomic mass is 19.1. The van der Waals surface area contributed by atoms with Gasteiger partial charge in [-0.05, 0) is 30.9 Å². The van der Waals surface area contributed by atoms with E-state index in [9.17, 15) is 13.6 Å². The van der Waals surface area contributed by atoms with Crippen LogP contribution < -0.4 is 0 Å². The van der Waals surface area contributed by atoms with E-state index in [1.165, 1.54) is 18.2 Å². The zero-order valence-corrected chi connectivity index (χ0v) is 8.30. The van der Waals surface area contributed by atoms with Crippen molar-refractivity contribution in [1.82, 2.24) is 0 Å². The number of Topliss-reactive ketones (excluding diaryl/α,β-unsaturated/α-hetero) is 1. The van der Waals surface area contributed by atoms with E-state index in [2.05, 4.69) is 0 Å². The molecule has 0 spiro atoms. The fraction of sp³-hybridized carbons (Fsp3) is 0.417. The quantitative estimate of drug-likeness (QED) is 0.746.